The van der Waals surface area contributed by atoms with E-state index >= 15 is 0 Å². The number of hydrogen-bond donors (Lipinski definition) is 2. The highest BCUT2D eigenvalue weighted by Gasteiger charge is 2.49. The Balaban J connectivity index is 1.57. The molecular formula is C23H31N3O3. The van der Waals surface area contributed by atoms with Crippen LogP contribution in [0.5, 0.6) is 11.5 Å². The second kappa shape index (κ2) is 7.84. The Kier molecular flexibility index (Phi) is 5.40. The van der Waals surface area contributed by atoms with E-state index in [1.807, 2.05) is 30.8 Å². The summed E-state index contributed by atoms with van der Waals surface area (Å²) in [6.07, 6.45) is 9.63. The first-order chi connectivity index (χ1) is 13.9. The highest BCUT2D eigenvalue weighted by atomic mass is 16.5. The summed E-state index contributed by atoms with van der Waals surface area (Å²) >= 11 is 0. The first-order valence-electron chi connectivity index (χ1n) is 10.5. The predicted octanol–water partition coefficient (Wildman–Crippen LogP) is 3.27. The summed E-state index contributed by atoms with van der Waals surface area (Å²) in [6, 6.07) is 4.65. The quantitative estimate of drug-likeness (QED) is 0.702. The minimum Gasteiger partial charge on any atom is -0.504 e. The molecule has 0 radical (unpaired) electrons. The van der Waals surface area contributed by atoms with Gasteiger partial charge in [-0.25, -0.2) is 4.98 Å². The summed E-state index contributed by atoms with van der Waals surface area (Å²) in [5.41, 5.74) is 1.11. The molecule has 2 saturated heterocycles. The fourth-order valence-electron chi connectivity index (χ4n) is 5.18. The predicted molar refractivity (Wildman–Crippen MR) is 112 cm³/mol. The van der Waals surface area contributed by atoms with Crippen molar-refractivity contribution in [2.24, 2.45) is 7.05 Å². The van der Waals surface area contributed by atoms with E-state index in [-0.39, 0.29) is 5.75 Å². The number of aromatic nitrogens is 2. The van der Waals surface area contributed by atoms with Gasteiger partial charge in [0.1, 0.15) is 11.4 Å². The molecule has 0 aliphatic carbocycles. The maximum Gasteiger partial charge on any atom is 0.161 e. The van der Waals surface area contributed by atoms with E-state index in [0.29, 0.717) is 43.7 Å². The number of nitrogens with zero attached hydrogens (tertiary/aromatic N) is 3. The Morgan fingerprint density at radius 1 is 1.31 bits per heavy atom. The lowest BCUT2D eigenvalue weighted by molar-refractivity contribution is -0.0669. The van der Waals surface area contributed by atoms with Gasteiger partial charge >= 0.3 is 0 Å². The third-order valence-corrected chi connectivity index (χ3v) is 6.40. The van der Waals surface area contributed by atoms with E-state index in [4.69, 9.17) is 4.74 Å². The number of phenols is 1. The van der Waals surface area contributed by atoms with E-state index in [1.165, 1.54) is 0 Å². The minimum atomic E-state index is -0.861. The molecule has 0 spiro atoms. The number of allylic oxidation sites excluding steroid dienone is 1. The number of aliphatic hydroxyl groups is 1. The van der Waals surface area contributed by atoms with Crippen LogP contribution in [0, 0.1) is 0 Å². The van der Waals surface area contributed by atoms with Crippen LogP contribution in [0.15, 0.2) is 37.2 Å². The van der Waals surface area contributed by atoms with Gasteiger partial charge in [-0.15, -0.1) is 6.58 Å². The smallest absolute Gasteiger partial charge is 0.161 e. The molecule has 2 bridgehead atoms. The van der Waals surface area contributed by atoms with Gasteiger partial charge in [0.05, 0.1) is 6.61 Å². The molecule has 6 heteroatoms. The molecule has 156 valence electrons. The van der Waals surface area contributed by atoms with Crippen molar-refractivity contribution in [2.75, 3.05) is 6.61 Å². The molecule has 2 unspecified atom stereocenters. The van der Waals surface area contributed by atoms with Crippen LogP contribution in [0.25, 0.3) is 0 Å². The molecule has 2 aliphatic rings. The highest BCUT2D eigenvalue weighted by molar-refractivity contribution is 5.49. The fourth-order valence-corrected chi connectivity index (χ4v) is 5.18. The zero-order valence-electron chi connectivity index (χ0n) is 17.3. The number of fused-ring (bicyclic) bond motifs is 2. The van der Waals surface area contributed by atoms with Crippen molar-refractivity contribution >= 4 is 0 Å². The summed E-state index contributed by atoms with van der Waals surface area (Å²) in [4.78, 5) is 6.94. The molecule has 2 atom stereocenters. The lowest BCUT2D eigenvalue weighted by atomic mass is 9.85. The average molecular weight is 398 g/mol. The third-order valence-electron chi connectivity index (χ3n) is 6.40. The number of benzene rings is 1. The summed E-state index contributed by atoms with van der Waals surface area (Å²) in [5.74, 6) is 1.52. The van der Waals surface area contributed by atoms with Crippen molar-refractivity contribution in [2.45, 2.75) is 63.3 Å². The second-order valence-corrected chi connectivity index (χ2v) is 8.39. The number of hydrogen-bond acceptors (Lipinski definition) is 5. The van der Waals surface area contributed by atoms with Crippen LogP contribution in [-0.4, -0.2) is 43.4 Å². The Morgan fingerprint density at radius 3 is 2.62 bits per heavy atom. The van der Waals surface area contributed by atoms with Crippen LogP contribution in [0.1, 0.15) is 49.6 Å². The van der Waals surface area contributed by atoms with Crippen molar-refractivity contribution in [3.63, 3.8) is 0 Å². The number of aromatic hydroxyl groups is 1. The molecule has 1 aromatic heterocycles. The molecule has 29 heavy (non-hydrogen) atoms. The van der Waals surface area contributed by atoms with Gasteiger partial charge in [0, 0.05) is 43.6 Å². The summed E-state index contributed by atoms with van der Waals surface area (Å²) < 4.78 is 7.60. The van der Waals surface area contributed by atoms with Crippen LogP contribution in [0.3, 0.4) is 0 Å². The number of phenolic OH excluding ortho intramolecular Hbond substituents is 1. The van der Waals surface area contributed by atoms with Gasteiger partial charge in [-0.1, -0.05) is 12.1 Å². The zero-order chi connectivity index (χ0) is 20.6. The van der Waals surface area contributed by atoms with Crippen LogP contribution in [0.2, 0.25) is 0 Å². The van der Waals surface area contributed by atoms with Gasteiger partial charge in [0.15, 0.2) is 11.5 Å². The fraction of sp³-hybridized carbons (Fsp3) is 0.522. The van der Waals surface area contributed by atoms with E-state index in [2.05, 4.69) is 22.5 Å². The zero-order valence-corrected chi connectivity index (χ0v) is 17.3. The number of aryl methyl sites for hydroxylation is 1. The lowest BCUT2D eigenvalue weighted by Crippen LogP contribution is -2.50. The first-order valence-corrected chi connectivity index (χ1v) is 10.5. The van der Waals surface area contributed by atoms with Crippen molar-refractivity contribution < 1.29 is 14.9 Å². The van der Waals surface area contributed by atoms with Gasteiger partial charge < -0.3 is 19.5 Å². The monoisotopic (exact) mass is 397 g/mol. The number of piperidine rings is 1. The van der Waals surface area contributed by atoms with Gasteiger partial charge in [0.2, 0.25) is 0 Å². The van der Waals surface area contributed by atoms with Crippen LogP contribution >= 0.6 is 0 Å². The normalized spacial score (nSPS) is 26.6. The lowest BCUT2D eigenvalue weighted by Gasteiger charge is -2.43. The molecule has 2 N–H and O–H groups in total. The average Bonchev–Trinajstić information content (AvgIpc) is 3.21. The standard InChI is InChI=1S/C23H31N3O3/c1-4-6-17-11-16(12-20(21(17)27)29-5-2)15-26-18-7-8-19(26)14-23(28,13-18)22-24-9-10-25(22)3/h4,9-12,18-19,27-28H,1,5-8,13-15H2,2-3H3. The summed E-state index contributed by atoms with van der Waals surface area (Å²) in [6.45, 7) is 7.02. The number of imidazole rings is 1. The van der Waals surface area contributed by atoms with E-state index < -0.39 is 5.60 Å². The second-order valence-electron chi connectivity index (χ2n) is 8.39. The molecule has 0 amide bonds. The summed E-state index contributed by atoms with van der Waals surface area (Å²) in [5, 5.41) is 21.8. The van der Waals surface area contributed by atoms with Crippen molar-refractivity contribution in [1.29, 1.82) is 0 Å². The maximum absolute atomic E-state index is 11.4. The Hall–Kier alpha value is -2.31. The number of rotatable bonds is 7. The van der Waals surface area contributed by atoms with Crippen LogP contribution < -0.4 is 4.74 Å². The van der Waals surface area contributed by atoms with Crippen LogP contribution in [0.4, 0.5) is 0 Å². The molecule has 2 fully saturated rings. The van der Waals surface area contributed by atoms with E-state index in [0.717, 1.165) is 36.3 Å². The van der Waals surface area contributed by atoms with Gasteiger partial charge in [0.25, 0.3) is 0 Å². The molecular weight excluding hydrogens is 366 g/mol. The molecule has 3 heterocycles. The molecule has 2 aliphatic heterocycles. The minimum absolute atomic E-state index is 0.210. The molecule has 6 nitrogen and oxygen atoms in total. The van der Waals surface area contributed by atoms with Gasteiger partial charge in [-0.05, 0) is 50.7 Å². The van der Waals surface area contributed by atoms with Gasteiger partial charge in [-0.3, -0.25) is 4.90 Å². The third kappa shape index (κ3) is 3.67. The first kappa shape index (κ1) is 20.0. The van der Waals surface area contributed by atoms with Gasteiger partial charge in [-0.2, -0.15) is 0 Å². The largest absolute Gasteiger partial charge is 0.504 e. The van der Waals surface area contributed by atoms with Crippen molar-refractivity contribution in [1.82, 2.24) is 14.5 Å². The highest BCUT2D eigenvalue weighted by Crippen LogP contribution is 2.46. The molecule has 1 aromatic carbocycles. The SMILES string of the molecule is C=CCc1cc(CN2C3CCC2CC(O)(c2nccn2C)C3)cc(OCC)c1O. The molecule has 0 saturated carbocycles. The van der Waals surface area contributed by atoms with E-state index in [9.17, 15) is 10.2 Å². The topological polar surface area (TPSA) is 70.8 Å². The summed E-state index contributed by atoms with van der Waals surface area (Å²) in [7, 11) is 1.95. The van der Waals surface area contributed by atoms with E-state index in [1.54, 1.807) is 12.3 Å². The Morgan fingerprint density at radius 2 is 2.03 bits per heavy atom. The molecule has 4 rings (SSSR count). The molecule has 2 aromatic rings. The maximum atomic E-state index is 11.4. The number of ether oxygens (including phenoxy) is 1. The van der Waals surface area contributed by atoms with Crippen molar-refractivity contribution in [3.05, 3.63) is 54.1 Å². The van der Waals surface area contributed by atoms with Crippen LogP contribution in [-0.2, 0) is 25.6 Å². The Bertz CT molecular complexity index is 877. The Labute approximate surface area is 172 Å². The van der Waals surface area contributed by atoms with Crippen molar-refractivity contribution in [3.8, 4) is 11.5 Å².